The minimum absolute atomic E-state index is 0.0392. The minimum Gasteiger partial charge on any atom is -0.341 e. The van der Waals surface area contributed by atoms with Crippen LogP contribution in [0.5, 0.6) is 0 Å². The molecular weight excluding hydrogens is 416 g/mol. The van der Waals surface area contributed by atoms with Crippen LogP contribution in [-0.4, -0.2) is 48.4 Å². The van der Waals surface area contributed by atoms with E-state index in [1.54, 1.807) is 4.68 Å². The first kappa shape index (κ1) is 21.1. The van der Waals surface area contributed by atoms with Gasteiger partial charge in [0.15, 0.2) is 11.2 Å². The van der Waals surface area contributed by atoms with E-state index in [9.17, 15) is 9.59 Å². The lowest BCUT2D eigenvalue weighted by atomic mass is 9.90. The molecule has 0 N–H and O–H groups in total. The molecule has 8 heteroatoms. The Morgan fingerprint density at radius 2 is 1.76 bits per heavy atom. The molecule has 2 aromatic carbocycles. The van der Waals surface area contributed by atoms with Crippen molar-refractivity contribution in [3.63, 3.8) is 0 Å². The quantitative estimate of drug-likeness (QED) is 0.474. The Balaban J connectivity index is 1.26. The van der Waals surface area contributed by atoms with Crippen LogP contribution in [0.15, 0.2) is 65.7 Å². The third kappa shape index (κ3) is 4.41. The van der Waals surface area contributed by atoms with Gasteiger partial charge in [0.2, 0.25) is 5.91 Å². The monoisotopic (exact) mass is 442 g/mol. The SMILES string of the molecule is Cc1ccc(-n2nnc3c(=O)n(CC(=O)N4CCC(Cc5ccccc5)CC4)cnc32)cc1. The predicted molar refractivity (Wildman–Crippen MR) is 125 cm³/mol. The summed E-state index contributed by atoms with van der Waals surface area (Å²) in [7, 11) is 0. The Labute approximate surface area is 191 Å². The molecule has 0 spiro atoms. The first-order chi connectivity index (χ1) is 16.1. The fourth-order valence-corrected chi connectivity index (χ4v) is 4.40. The van der Waals surface area contributed by atoms with Crippen LogP contribution in [0.2, 0.25) is 0 Å². The van der Waals surface area contributed by atoms with E-state index in [1.807, 2.05) is 42.2 Å². The van der Waals surface area contributed by atoms with Gasteiger partial charge in [-0.3, -0.25) is 14.2 Å². The molecule has 8 nitrogen and oxygen atoms in total. The van der Waals surface area contributed by atoms with Crippen LogP contribution in [-0.2, 0) is 17.8 Å². The Hall–Kier alpha value is -3.81. The largest absolute Gasteiger partial charge is 0.341 e. The summed E-state index contributed by atoms with van der Waals surface area (Å²) in [5, 5.41) is 8.14. The molecule has 0 atom stereocenters. The van der Waals surface area contributed by atoms with Crippen LogP contribution in [0.4, 0.5) is 0 Å². The number of rotatable bonds is 5. The van der Waals surface area contributed by atoms with E-state index in [0.29, 0.717) is 24.7 Å². The van der Waals surface area contributed by atoms with Gasteiger partial charge in [-0.25, -0.2) is 4.98 Å². The van der Waals surface area contributed by atoms with Gasteiger partial charge in [-0.15, -0.1) is 5.10 Å². The molecule has 0 unspecified atom stereocenters. The molecule has 33 heavy (non-hydrogen) atoms. The summed E-state index contributed by atoms with van der Waals surface area (Å²) >= 11 is 0. The number of piperidine rings is 1. The highest BCUT2D eigenvalue weighted by Crippen LogP contribution is 2.22. The molecule has 168 valence electrons. The minimum atomic E-state index is -0.356. The summed E-state index contributed by atoms with van der Waals surface area (Å²) in [6.07, 6.45) is 4.40. The maximum atomic E-state index is 12.9. The van der Waals surface area contributed by atoms with Gasteiger partial charge in [0.25, 0.3) is 5.56 Å². The fourth-order valence-electron chi connectivity index (χ4n) is 4.40. The van der Waals surface area contributed by atoms with E-state index >= 15 is 0 Å². The Morgan fingerprint density at radius 3 is 2.48 bits per heavy atom. The highest BCUT2D eigenvalue weighted by Gasteiger charge is 2.24. The van der Waals surface area contributed by atoms with Crippen LogP contribution < -0.4 is 5.56 Å². The number of benzene rings is 2. The van der Waals surface area contributed by atoms with Crippen molar-refractivity contribution in [2.24, 2.45) is 5.92 Å². The molecule has 3 heterocycles. The van der Waals surface area contributed by atoms with E-state index < -0.39 is 0 Å². The summed E-state index contributed by atoms with van der Waals surface area (Å²) in [4.78, 5) is 32.1. The van der Waals surface area contributed by atoms with E-state index in [0.717, 1.165) is 30.5 Å². The second-order valence-corrected chi connectivity index (χ2v) is 8.70. The standard InChI is InChI=1S/C25H26N6O2/c1-18-7-9-21(10-8-18)31-24-23(27-28-31)25(33)30(17-26-24)16-22(32)29-13-11-20(12-14-29)15-19-5-3-2-4-6-19/h2-10,17,20H,11-16H2,1H3. The van der Waals surface area contributed by atoms with Gasteiger partial charge in [-0.1, -0.05) is 53.2 Å². The van der Waals surface area contributed by atoms with E-state index in [4.69, 9.17) is 0 Å². The highest BCUT2D eigenvalue weighted by molar-refractivity contribution is 5.77. The summed E-state index contributed by atoms with van der Waals surface area (Å²) < 4.78 is 2.87. The van der Waals surface area contributed by atoms with Gasteiger partial charge in [-0.05, 0) is 49.8 Å². The van der Waals surface area contributed by atoms with Crippen molar-refractivity contribution < 1.29 is 4.79 Å². The lowest BCUT2D eigenvalue weighted by Gasteiger charge is -2.32. The first-order valence-corrected chi connectivity index (χ1v) is 11.3. The van der Waals surface area contributed by atoms with Gasteiger partial charge in [0.1, 0.15) is 12.9 Å². The predicted octanol–water partition coefficient (Wildman–Crippen LogP) is 2.77. The molecule has 1 aliphatic heterocycles. The number of nitrogens with zero attached hydrogens (tertiary/aromatic N) is 6. The maximum Gasteiger partial charge on any atom is 0.284 e. The van der Waals surface area contributed by atoms with Gasteiger partial charge in [-0.2, -0.15) is 4.68 Å². The molecular formula is C25H26N6O2. The third-order valence-electron chi connectivity index (χ3n) is 6.35. The molecule has 1 fully saturated rings. The number of hydrogen-bond donors (Lipinski definition) is 0. The first-order valence-electron chi connectivity index (χ1n) is 11.3. The zero-order valence-electron chi connectivity index (χ0n) is 18.6. The van der Waals surface area contributed by atoms with Crippen LogP contribution in [0.3, 0.4) is 0 Å². The Bertz CT molecular complexity index is 1320. The highest BCUT2D eigenvalue weighted by atomic mass is 16.2. The molecule has 4 aromatic rings. The maximum absolute atomic E-state index is 12.9. The van der Waals surface area contributed by atoms with Crippen molar-refractivity contribution in [2.75, 3.05) is 13.1 Å². The van der Waals surface area contributed by atoms with E-state index in [1.165, 1.54) is 16.5 Å². The van der Waals surface area contributed by atoms with E-state index in [2.05, 4.69) is 39.6 Å². The number of aryl methyl sites for hydroxylation is 1. The second-order valence-electron chi connectivity index (χ2n) is 8.70. The second kappa shape index (κ2) is 8.97. The number of amides is 1. The molecule has 0 radical (unpaired) electrons. The zero-order chi connectivity index (χ0) is 22.8. The lowest BCUT2D eigenvalue weighted by Crippen LogP contribution is -2.42. The number of fused-ring (bicyclic) bond motifs is 1. The van der Waals surface area contributed by atoms with Crippen LogP contribution in [0, 0.1) is 12.8 Å². The summed E-state index contributed by atoms with van der Waals surface area (Å²) in [5.41, 5.74) is 3.43. The molecule has 1 saturated heterocycles. The Morgan fingerprint density at radius 1 is 1.03 bits per heavy atom. The summed E-state index contributed by atoms with van der Waals surface area (Å²) in [5.74, 6) is 0.510. The average molecular weight is 443 g/mol. The van der Waals surface area contributed by atoms with Gasteiger partial charge >= 0.3 is 0 Å². The van der Waals surface area contributed by atoms with Crippen molar-refractivity contribution in [3.8, 4) is 5.69 Å². The fraction of sp³-hybridized carbons (Fsp3) is 0.320. The van der Waals surface area contributed by atoms with Crippen LogP contribution >= 0.6 is 0 Å². The van der Waals surface area contributed by atoms with E-state index in [-0.39, 0.29) is 23.5 Å². The molecule has 2 aromatic heterocycles. The number of likely N-dealkylation sites (tertiary alicyclic amines) is 1. The van der Waals surface area contributed by atoms with Crippen molar-refractivity contribution in [2.45, 2.75) is 32.7 Å². The number of hydrogen-bond acceptors (Lipinski definition) is 5. The average Bonchev–Trinajstić information content (AvgIpc) is 3.27. The summed E-state index contributed by atoms with van der Waals surface area (Å²) in [6.45, 7) is 3.39. The topological polar surface area (TPSA) is 85.9 Å². The number of carbonyl (C=O) groups excluding carboxylic acids is 1. The molecule has 1 amide bonds. The van der Waals surface area contributed by atoms with Gasteiger partial charge in [0, 0.05) is 13.1 Å². The van der Waals surface area contributed by atoms with Crippen molar-refractivity contribution in [3.05, 3.63) is 82.4 Å². The normalized spacial score (nSPS) is 14.6. The number of carbonyl (C=O) groups is 1. The van der Waals surface area contributed by atoms with Gasteiger partial charge < -0.3 is 4.90 Å². The van der Waals surface area contributed by atoms with Crippen molar-refractivity contribution in [1.29, 1.82) is 0 Å². The Kier molecular flexibility index (Phi) is 5.73. The molecule has 0 bridgehead atoms. The number of aromatic nitrogens is 5. The molecule has 0 aliphatic carbocycles. The smallest absolute Gasteiger partial charge is 0.284 e. The lowest BCUT2D eigenvalue weighted by molar-refractivity contribution is -0.133. The zero-order valence-corrected chi connectivity index (χ0v) is 18.6. The molecule has 0 saturated carbocycles. The van der Waals surface area contributed by atoms with Crippen LogP contribution in [0.1, 0.15) is 24.0 Å². The third-order valence-corrected chi connectivity index (χ3v) is 6.35. The molecule has 1 aliphatic rings. The van der Waals surface area contributed by atoms with Crippen LogP contribution in [0.25, 0.3) is 16.9 Å². The molecule has 5 rings (SSSR count). The van der Waals surface area contributed by atoms with Crippen molar-refractivity contribution in [1.82, 2.24) is 29.4 Å². The summed E-state index contributed by atoms with van der Waals surface area (Å²) in [6, 6.07) is 18.2. The van der Waals surface area contributed by atoms with Crippen molar-refractivity contribution >= 4 is 17.1 Å². The van der Waals surface area contributed by atoms with Gasteiger partial charge in [0.05, 0.1) is 5.69 Å².